The maximum absolute atomic E-state index is 5.30. The molecule has 1 aromatic carbocycles. The second-order valence-corrected chi connectivity index (χ2v) is 8.72. The van der Waals surface area contributed by atoms with Crippen LogP contribution in [0.2, 0.25) is 0 Å². The van der Waals surface area contributed by atoms with Crippen molar-refractivity contribution in [1.82, 2.24) is 15.5 Å². The van der Waals surface area contributed by atoms with Gasteiger partial charge in [-0.25, -0.2) is 0 Å². The van der Waals surface area contributed by atoms with Gasteiger partial charge >= 0.3 is 6.01 Å². The van der Waals surface area contributed by atoms with Crippen LogP contribution in [0.5, 0.6) is 0 Å². The van der Waals surface area contributed by atoms with E-state index in [9.17, 15) is 0 Å². The normalized spacial score (nSPS) is 18.7. The van der Waals surface area contributed by atoms with Gasteiger partial charge in [-0.2, -0.15) is 4.98 Å². The van der Waals surface area contributed by atoms with Crippen LogP contribution < -0.4 is 15.5 Å². The third kappa shape index (κ3) is 2.60. The number of fused-ring (bicyclic) bond motifs is 2. The van der Waals surface area contributed by atoms with E-state index in [0.717, 1.165) is 24.5 Å². The van der Waals surface area contributed by atoms with Crippen molar-refractivity contribution in [3.05, 3.63) is 46.1 Å². The molecule has 2 aliphatic heterocycles. The van der Waals surface area contributed by atoms with E-state index in [4.69, 9.17) is 4.52 Å². The third-order valence-electron chi connectivity index (χ3n) is 4.80. The van der Waals surface area contributed by atoms with Gasteiger partial charge in [0.25, 0.3) is 0 Å². The van der Waals surface area contributed by atoms with Crippen molar-refractivity contribution in [2.45, 2.75) is 30.2 Å². The maximum atomic E-state index is 5.30. The molecule has 0 saturated heterocycles. The monoisotopic (exact) mass is 385 g/mol. The second-order valence-electron chi connectivity index (χ2n) is 6.49. The second kappa shape index (κ2) is 6.29. The van der Waals surface area contributed by atoms with E-state index in [2.05, 4.69) is 57.0 Å². The van der Waals surface area contributed by atoms with Gasteiger partial charge in [0, 0.05) is 28.9 Å². The summed E-state index contributed by atoms with van der Waals surface area (Å²) in [6.45, 7) is 3.77. The Labute approximate surface area is 160 Å². The summed E-state index contributed by atoms with van der Waals surface area (Å²) in [5, 5.41) is 12.1. The number of aryl methyl sites for hydroxylation is 1. The number of rotatable bonds is 3. The van der Waals surface area contributed by atoms with Gasteiger partial charge in [0.05, 0.1) is 5.69 Å². The summed E-state index contributed by atoms with van der Waals surface area (Å²) < 4.78 is 5.30. The van der Waals surface area contributed by atoms with Gasteiger partial charge in [-0.05, 0) is 37.6 Å². The molecule has 6 nitrogen and oxygen atoms in total. The number of aromatic nitrogens is 2. The molecule has 4 heterocycles. The van der Waals surface area contributed by atoms with Crippen LogP contribution in [0.4, 0.5) is 16.7 Å². The third-order valence-corrected chi connectivity index (χ3v) is 7.34. The van der Waals surface area contributed by atoms with Crippen molar-refractivity contribution in [3.63, 3.8) is 0 Å². The van der Waals surface area contributed by atoms with Crippen LogP contribution in [0.3, 0.4) is 0 Å². The largest absolute Gasteiger partial charge is 0.357 e. The van der Waals surface area contributed by atoms with Crippen molar-refractivity contribution in [1.29, 1.82) is 0 Å². The van der Waals surface area contributed by atoms with Crippen molar-refractivity contribution in [2.24, 2.45) is 0 Å². The number of hydrogen-bond acceptors (Lipinski definition) is 8. The molecule has 0 aliphatic carbocycles. The molecule has 26 heavy (non-hydrogen) atoms. The van der Waals surface area contributed by atoms with Gasteiger partial charge in [-0.1, -0.05) is 29.1 Å². The first kappa shape index (κ1) is 16.2. The predicted octanol–water partition coefficient (Wildman–Crippen LogP) is 4.07. The van der Waals surface area contributed by atoms with E-state index in [0.29, 0.717) is 11.8 Å². The summed E-state index contributed by atoms with van der Waals surface area (Å²) in [5.74, 6) is 0.636. The lowest BCUT2D eigenvalue weighted by atomic mass is 10.0. The summed E-state index contributed by atoms with van der Waals surface area (Å²) >= 11 is 3.70. The average molecular weight is 386 g/mol. The molecule has 0 saturated carbocycles. The van der Waals surface area contributed by atoms with E-state index in [-0.39, 0.29) is 5.37 Å². The highest BCUT2D eigenvalue weighted by molar-refractivity contribution is 8.00. The molecule has 3 aromatic rings. The quantitative estimate of drug-likeness (QED) is 0.704. The van der Waals surface area contributed by atoms with Gasteiger partial charge in [-0.3, -0.25) is 5.32 Å². The molecule has 2 aromatic heterocycles. The number of thiophene rings is 1. The minimum absolute atomic E-state index is 0.247. The van der Waals surface area contributed by atoms with Gasteiger partial charge in [0.1, 0.15) is 10.4 Å². The summed E-state index contributed by atoms with van der Waals surface area (Å²) in [7, 11) is 2.18. The fourth-order valence-electron chi connectivity index (χ4n) is 3.58. The van der Waals surface area contributed by atoms with E-state index in [1.54, 1.807) is 11.3 Å². The Morgan fingerprint density at radius 3 is 3.04 bits per heavy atom. The number of para-hydroxylation sites is 1. The molecule has 134 valence electrons. The van der Waals surface area contributed by atoms with Crippen molar-refractivity contribution in [3.8, 4) is 0 Å². The molecule has 8 heteroatoms. The number of benzene rings is 1. The van der Waals surface area contributed by atoms with Crippen molar-refractivity contribution in [2.75, 3.05) is 23.8 Å². The first-order valence-corrected chi connectivity index (χ1v) is 10.3. The van der Waals surface area contributed by atoms with Crippen LogP contribution in [0.25, 0.3) is 0 Å². The first-order valence-electron chi connectivity index (χ1n) is 8.61. The Bertz CT molecular complexity index is 966. The molecule has 5 rings (SSSR count). The van der Waals surface area contributed by atoms with E-state index < -0.39 is 0 Å². The Hall–Kier alpha value is -2.03. The molecule has 0 radical (unpaired) electrons. The minimum Gasteiger partial charge on any atom is -0.357 e. The molecule has 0 fully saturated rings. The molecule has 0 bridgehead atoms. The van der Waals surface area contributed by atoms with Gasteiger partial charge in [-0.15, -0.1) is 11.3 Å². The summed E-state index contributed by atoms with van der Waals surface area (Å²) in [6.07, 6.45) is 1.05. The summed E-state index contributed by atoms with van der Waals surface area (Å²) in [5.41, 5.74) is 4.10. The summed E-state index contributed by atoms with van der Waals surface area (Å²) in [6, 6.07) is 9.06. The van der Waals surface area contributed by atoms with Crippen molar-refractivity contribution >= 4 is 39.8 Å². The number of thioether (sulfide) groups is 1. The van der Waals surface area contributed by atoms with Crippen LogP contribution in [-0.2, 0) is 13.0 Å². The zero-order valence-corrected chi connectivity index (χ0v) is 16.2. The molecule has 1 unspecified atom stereocenters. The fourth-order valence-corrected chi connectivity index (χ4v) is 6.28. The van der Waals surface area contributed by atoms with Crippen molar-refractivity contribution < 1.29 is 4.52 Å². The lowest BCUT2D eigenvalue weighted by Crippen LogP contribution is -2.24. The highest BCUT2D eigenvalue weighted by atomic mass is 32.2. The number of hydrogen-bond donors (Lipinski definition) is 2. The van der Waals surface area contributed by atoms with Crippen LogP contribution >= 0.6 is 23.1 Å². The van der Waals surface area contributed by atoms with Crippen LogP contribution in [0.15, 0.2) is 33.7 Å². The average Bonchev–Trinajstić information content (AvgIpc) is 3.31. The highest BCUT2D eigenvalue weighted by Crippen LogP contribution is 2.55. The van der Waals surface area contributed by atoms with E-state index >= 15 is 0 Å². The molecule has 0 spiro atoms. The Morgan fingerprint density at radius 2 is 2.23 bits per heavy atom. The van der Waals surface area contributed by atoms with Crippen LogP contribution in [0.1, 0.15) is 27.2 Å². The van der Waals surface area contributed by atoms with Gasteiger partial charge in [0.2, 0.25) is 0 Å². The highest BCUT2D eigenvalue weighted by Gasteiger charge is 2.35. The SMILES string of the molecule is Cc1noc(Nc2sc3c(c2C2Sc4ccccc4N2C)CCNC3)n1. The summed E-state index contributed by atoms with van der Waals surface area (Å²) in [4.78, 5) is 9.42. The molecule has 2 aliphatic rings. The molecular formula is C18H19N5OS2. The smallest absolute Gasteiger partial charge is 0.326 e. The zero-order valence-electron chi connectivity index (χ0n) is 14.6. The van der Waals surface area contributed by atoms with Gasteiger partial charge in [0.15, 0.2) is 5.82 Å². The Balaban J connectivity index is 1.58. The predicted molar refractivity (Wildman–Crippen MR) is 105 cm³/mol. The molecule has 0 amide bonds. The lowest BCUT2D eigenvalue weighted by Gasteiger charge is -2.24. The Morgan fingerprint density at radius 1 is 1.35 bits per heavy atom. The number of nitrogens with one attached hydrogen (secondary N) is 2. The fraction of sp³-hybridized carbons (Fsp3) is 0.333. The first-order chi connectivity index (χ1) is 12.7. The minimum atomic E-state index is 0.247. The standard InChI is InChI=1S/C18H19N5OS2/c1-10-20-18(24-22-10)21-16-15(11-7-8-19-9-14(11)25-16)17-23(2)12-5-3-4-6-13(12)26-17/h3-6,17,19H,7-9H2,1-2H3,(H,20,21,22). The van der Waals surface area contributed by atoms with Gasteiger partial charge < -0.3 is 14.7 Å². The topological polar surface area (TPSA) is 66.2 Å². The number of nitrogens with zero attached hydrogens (tertiary/aromatic N) is 3. The number of anilines is 3. The molecule has 2 N–H and O–H groups in total. The van der Waals surface area contributed by atoms with Crippen LogP contribution in [-0.4, -0.2) is 23.7 Å². The molecular weight excluding hydrogens is 366 g/mol. The van der Waals surface area contributed by atoms with E-state index in [1.807, 2.05) is 18.7 Å². The lowest BCUT2D eigenvalue weighted by molar-refractivity contribution is 0.428. The maximum Gasteiger partial charge on any atom is 0.326 e. The van der Waals surface area contributed by atoms with E-state index in [1.165, 1.54) is 26.6 Å². The molecule has 1 atom stereocenters. The zero-order chi connectivity index (χ0) is 17.7. The Kier molecular flexibility index (Phi) is 3.91. The van der Waals surface area contributed by atoms with Crippen LogP contribution in [0, 0.1) is 6.92 Å².